The van der Waals surface area contributed by atoms with E-state index in [0.29, 0.717) is 17.8 Å². The van der Waals surface area contributed by atoms with Gasteiger partial charge in [0.1, 0.15) is 5.69 Å². The Balaban J connectivity index is 2.20. The van der Waals surface area contributed by atoms with Gasteiger partial charge in [-0.1, -0.05) is 0 Å². The normalized spacial score (nSPS) is 24.8. The summed E-state index contributed by atoms with van der Waals surface area (Å²) in [6.45, 7) is 6.08. The number of hydrogen-bond donors (Lipinski definition) is 0. The van der Waals surface area contributed by atoms with Crippen molar-refractivity contribution in [3.8, 4) is 0 Å². The van der Waals surface area contributed by atoms with Crippen LogP contribution in [0.4, 0.5) is 0 Å². The largest absolute Gasteiger partial charge is 0.332 e. The Morgan fingerprint density at radius 3 is 2.41 bits per heavy atom. The summed E-state index contributed by atoms with van der Waals surface area (Å²) >= 11 is 0. The minimum Gasteiger partial charge on any atom is -0.332 e. The zero-order valence-electron chi connectivity index (χ0n) is 10.7. The maximum Gasteiger partial charge on any atom is 0.274 e. The summed E-state index contributed by atoms with van der Waals surface area (Å²) < 4.78 is 0. The minimum atomic E-state index is 0.0113. The molecule has 1 aromatic heterocycles. The van der Waals surface area contributed by atoms with Crippen molar-refractivity contribution < 1.29 is 4.79 Å². The number of amides is 1. The molecule has 1 saturated heterocycles. The second-order valence-electron chi connectivity index (χ2n) is 4.88. The van der Waals surface area contributed by atoms with Crippen LogP contribution in [0.2, 0.25) is 0 Å². The first-order valence-electron chi connectivity index (χ1n) is 6.21. The first-order chi connectivity index (χ1) is 8.09. The van der Waals surface area contributed by atoms with E-state index < -0.39 is 0 Å². The van der Waals surface area contributed by atoms with Crippen molar-refractivity contribution in [3.63, 3.8) is 0 Å². The molecule has 0 N–H and O–H groups in total. The molecule has 17 heavy (non-hydrogen) atoms. The van der Waals surface area contributed by atoms with E-state index in [4.69, 9.17) is 0 Å². The van der Waals surface area contributed by atoms with E-state index in [1.54, 1.807) is 12.4 Å². The van der Waals surface area contributed by atoms with Crippen molar-refractivity contribution in [2.24, 2.45) is 0 Å². The molecule has 1 fully saturated rings. The number of piperidine rings is 1. The fourth-order valence-corrected chi connectivity index (χ4v) is 2.46. The Morgan fingerprint density at radius 2 is 1.88 bits per heavy atom. The highest BCUT2D eigenvalue weighted by molar-refractivity contribution is 5.92. The topological polar surface area (TPSA) is 46.1 Å². The van der Waals surface area contributed by atoms with Crippen LogP contribution in [0.3, 0.4) is 0 Å². The summed E-state index contributed by atoms with van der Waals surface area (Å²) in [7, 11) is 0. The van der Waals surface area contributed by atoms with Crippen LogP contribution in [-0.4, -0.2) is 32.9 Å². The number of carbonyl (C=O) groups is 1. The lowest BCUT2D eigenvalue weighted by atomic mass is 9.97. The van der Waals surface area contributed by atoms with E-state index in [0.717, 1.165) is 18.5 Å². The van der Waals surface area contributed by atoms with Gasteiger partial charge >= 0.3 is 0 Å². The second kappa shape index (κ2) is 4.82. The van der Waals surface area contributed by atoms with Crippen LogP contribution < -0.4 is 0 Å². The van der Waals surface area contributed by atoms with Gasteiger partial charge in [-0.25, -0.2) is 4.98 Å². The van der Waals surface area contributed by atoms with E-state index in [-0.39, 0.29) is 5.91 Å². The SMILES string of the molecule is Cc1cnc(C(=O)N2C(C)CCCC2C)cn1. The van der Waals surface area contributed by atoms with Gasteiger partial charge < -0.3 is 4.90 Å². The first kappa shape index (κ1) is 12.0. The number of rotatable bonds is 1. The molecule has 4 heteroatoms. The van der Waals surface area contributed by atoms with Gasteiger partial charge in [0.15, 0.2) is 0 Å². The van der Waals surface area contributed by atoms with Crippen molar-refractivity contribution in [1.29, 1.82) is 0 Å². The third-order valence-corrected chi connectivity index (χ3v) is 3.43. The lowest BCUT2D eigenvalue weighted by molar-refractivity contribution is 0.0504. The van der Waals surface area contributed by atoms with Crippen molar-refractivity contribution in [2.75, 3.05) is 0 Å². The summed E-state index contributed by atoms with van der Waals surface area (Å²) in [4.78, 5) is 22.6. The number of nitrogens with zero attached hydrogens (tertiary/aromatic N) is 3. The summed E-state index contributed by atoms with van der Waals surface area (Å²) in [6, 6.07) is 0.601. The molecule has 0 aliphatic carbocycles. The van der Waals surface area contributed by atoms with Crippen molar-refractivity contribution in [2.45, 2.75) is 52.1 Å². The zero-order valence-corrected chi connectivity index (χ0v) is 10.7. The maximum atomic E-state index is 12.4. The molecule has 0 radical (unpaired) electrons. The molecular formula is C13H19N3O. The molecule has 2 rings (SSSR count). The Morgan fingerprint density at radius 1 is 1.24 bits per heavy atom. The van der Waals surface area contributed by atoms with Crippen LogP contribution in [0.15, 0.2) is 12.4 Å². The van der Waals surface area contributed by atoms with Gasteiger partial charge in [0.2, 0.25) is 0 Å². The van der Waals surface area contributed by atoms with Gasteiger partial charge in [-0.2, -0.15) is 0 Å². The predicted molar refractivity (Wildman–Crippen MR) is 65.7 cm³/mol. The number of likely N-dealkylation sites (tertiary alicyclic amines) is 1. The number of carbonyl (C=O) groups excluding carboxylic acids is 1. The van der Waals surface area contributed by atoms with Gasteiger partial charge in [0, 0.05) is 18.3 Å². The molecule has 0 bridgehead atoms. The molecule has 0 aromatic carbocycles. The first-order valence-corrected chi connectivity index (χ1v) is 6.21. The van der Waals surface area contributed by atoms with E-state index in [1.807, 2.05) is 11.8 Å². The van der Waals surface area contributed by atoms with Gasteiger partial charge in [0.25, 0.3) is 5.91 Å². The Bertz CT molecular complexity index is 392. The highest BCUT2D eigenvalue weighted by Gasteiger charge is 2.30. The van der Waals surface area contributed by atoms with Gasteiger partial charge in [0.05, 0.1) is 11.9 Å². The molecule has 1 amide bonds. The smallest absolute Gasteiger partial charge is 0.274 e. The van der Waals surface area contributed by atoms with Gasteiger partial charge in [-0.15, -0.1) is 0 Å². The lowest BCUT2D eigenvalue weighted by Gasteiger charge is -2.38. The average molecular weight is 233 g/mol. The Kier molecular flexibility index (Phi) is 3.41. The van der Waals surface area contributed by atoms with E-state index >= 15 is 0 Å². The van der Waals surface area contributed by atoms with Crippen LogP contribution in [0.1, 0.15) is 49.3 Å². The van der Waals surface area contributed by atoms with E-state index in [9.17, 15) is 4.79 Å². The fraction of sp³-hybridized carbons (Fsp3) is 0.615. The number of aromatic nitrogens is 2. The molecule has 4 nitrogen and oxygen atoms in total. The molecule has 1 aromatic rings. The van der Waals surface area contributed by atoms with Crippen LogP contribution in [-0.2, 0) is 0 Å². The zero-order chi connectivity index (χ0) is 12.4. The van der Waals surface area contributed by atoms with Crippen LogP contribution in [0, 0.1) is 6.92 Å². The van der Waals surface area contributed by atoms with Gasteiger partial charge in [-0.3, -0.25) is 9.78 Å². The highest BCUT2D eigenvalue weighted by Crippen LogP contribution is 2.23. The second-order valence-corrected chi connectivity index (χ2v) is 4.88. The third kappa shape index (κ3) is 2.46. The molecule has 2 unspecified atom stereocenters. The quantitative estimate of drug-likeness (QED) is 0.747. The summed E-state index contributed by atoms with van der Waals surface area (Å²) in [5.41, 5.74) is 1.29. The summed E-state index contributed by atoms with van der Waals surface area (Å²) in [5, 5.41) is 0. The van der Waals surface area contributed by atoms with Crippen LogP contribution >= 0.6 is 0 Å². The van der Waals surface area contributed by atoms with E-state index in [2.05, 4.69) is 23.8 Å². The minimum absolute atomic E-state index is 0.0113. The molecular weight excluding hydrogens is 214 g/mol. The van der Waals surface area contributed by atoms with Crippen molar-refractivity contribution in [1.82, 2.24) is 14.9 Å². The average Bonchev–Trinajstić information content (AvgIpc) is 2.29. The molecule has 2 heterocycles. The predicted octanol–water partition coefficient (Wildman–Crippen LogP) is 2.19. The van der Waals surface area contributed by atoms with Crippen molar-refractivity contribution >= 4 is 5.91 Å². The fourth-order valence-electron chi connectivity index (χ4n) is 2.46. The molecule has 2 atom stereocenters. The Labute approximate surface area is 102 Å². The number of aryl methyl sites for hydroxylation is 1. The molecule has 0 spiro atoms. The summed E-state index contributed by atoms with van der Waals surface area (Å²) in [5.74, 6) is 0.0113. The molecule has 0 saturated carbocycles. The molecule has 1 aliphatic heterocycles. The van der Waals surface area contributed by atoms with Gasteiger partial charge in [-0.05, 0) is 40.0 Å². The highest BCUT2D eigenvalue weighted by atomic mass is 16.2. The lowest BCUT2D eigenvalue weighted by Crippen LogP contribution is -2.47. The monoisotopic (exact) mass is 233 g/mol. The van der Waals surface area contributed by atoms with E-state index in [1.165, 1.54) is 6.42 Å². The number of hydrogen-bond acceptors (Lipinski definition) is 3. The Hall–Kier alpha value is -1.45. The standard InChI is InChI=1S/C13H19N3O/c1-9-7-15-12(8-14-9)13(17)16-10(2)5-4-6-11(16)3/h7-8,10-11H,4-6H2,1-3H3. The maximum absolute atomic E-state index is 12.4. The third-order valence-electron chi connectivity index (χ3n) is 3.43. The molecule has 92 valence electrons. The van der Waals surface area contributed by atoms with Crippen LogP contribution in [0.5, 0.6) is 0 Å². The van der Waals surface area contributed by atoms with Crippen molar-refractivity contribution in [3.05, 3.63) is 23.8 Å². The summed E-state index contributed by atoms with van der Waals surface area (Å²) in [6.07, 6.45) is 6.58. The molecule has 1 aliphatic rings. The van der Waals surface area contributed by atoms with Crippen LogP contribution in [0.25, 0.3) is 0 Å².